The van der Waals surface area contributed by atoms with Crippen LogP contribution in [-0.4, -0.2) is 28.6 Å². The van der Waals surface area contributed by atoms with Gasteiger partial charge in [0.1, 0.15) is 11.5 Å². The van der Waals surface area contributed by atoms with E-state index in [1.54, 1.807) is 4.90 Å². The summed E-state index contributed by atoms with van der Waals surface area (Å²) in [4.78, 5) is 27.6. The van der Waals surface area contributed by atoms with Crippen LogP contribution in [0, 0.1) is 0 Å². The molecule has 0 saturated carbocycles. The maximum atomic E-state index is 13.4. The van der Waals surface area contributed by atoms with E-state index in [1.807, 2.05) is 78.9 Å². The molecule has 0 spiro atoms. The predicted octanol–water partition coefficient (Wildman–Crippen LogP) is 4.47. The third kappa shape index (κ3) is 3.49. The van der Waals surface area contributed by atoms with Crippen molar-refractivity contribution >= 4 is 23.5 Å². The van der Waals surface area contributed by atoms with Gasteiger partial charge in [-0.15, -0.1) is 5.10 Å². The lowest BCUT2D eigenvalue weighted by Gasteiger charge is -2.26. The van der Waals surface area contributed by atoms with Gasteiger partial charge >= 0.3 is 6.01 Å². The molecular weight excluding hydrogens is 432 g/mol. The van der Waals surface area contributed by atoms with E-state index in [2.05, 4.69) is 15.5 Å². The number of nitrogens with zero attached hydrogens (tertiary/aromatic N) is 3. The van der Waals surface area contributed by atoms with Crippen LogP contribution in [0.15, 0.2) is 83.3 Å². The summed E-state index contributed by atoms with van der Waals surface area (Å²) in [5.41, 5.74) is 2.36. The molecule has 3 aromatic carbocycles. The minimum atomic E-state index is -0.585. The zero-order chi connectivity index (χ0) is 23.1. The van der Waals surface area contributed by atoms with Crippen molar-refractivity contribution in [3.8, 4) is 11.5 Å². The summed E-state index contributed by atoms with van der Waals surface area (Å²) < 4.78 is 11.7. The van der Waals surface area contributed by atoms with Gasteiger partial charge in [0.15, 0.2) is 0 Å². The van der Waals surface area contributed by atoms with E-state index >= 15 is 0 Å². The molecule has 1 saturated heterocycles. The van der Waals surface area contributed by atoms with Crippen LogP contribution in [0.1, 0.15) is 35.3 Å². The molecule has 0 radical (unpaired) electrons. The third-order valence-electron chi connectivity index (χ3n) is 6.16. The molecule has 2 aliphatic rings. The number of benzene rings is 3. The number of ether oxygens (including phenoxy) is 1. The van der Waals surface area contributed by atoms with Gasteiger partial charge in [0.05, 0.1) is 11.8 Å². The quantitative estimate of drug-likeness (QED) is 0.491. The number of para-hydroxylation sites is 3. The van der Waals surface area contributed by atoms with Gasteiger partial charge in [0.25, 0.3) is 0 Å². The summed E-state index contributed by atoms with van der Waals surface area (Å²) in [7, 11) is 0. The fourth-order valence-corrected chi connectivity index (χ4v) is 4.55. The Morgan fingerprint density at radius 3 is 2.24 bits per heavy atom. The number of fused-ring (bicyclic) bond motifs is 2. The zero-order valence-corrected chi connectivity index (χ0v) is 18.0. The lowest BCUT2D eigenvalue weighted by molar-refractivity contribution is -0.118. The predicted molar refractivity (Wildman–Crippen MR) is 124 cm³/mol. The Morgan fingerprint density at radius 1 is 0.882 bits per heavy atom. The largest absolute Gasteiger partial charge is 0.457 e. The standard InChI is InChI=1S/C26H20N4O4/c31-22-14-16(15-30(22)17-8-2-1-3-9-17)25-28-29-26(34-25)27-24(32)23-18-10-4-6-12-20(18)33-21-13-7-5-11-19(21)23/h1-13,16,23H,14-15H2,(H,27,29,32). The molecule has 0 bridgehead atoms. The van der Waals surface area contributed by atoms with Gasteiger partial charge in [-0.2, -0.15) is 0 Å². The molecule has 0 aliphatic carbocycles. The smallest absolute Gasteiger partial charge is 0.322 e. The number of aromatic nitrogens is 2. The molecule has 2 amide bonds. The fraction of sp³-hybridized carbons (Fsp3) is 0.154. The van der Waals surface area contributed by atoms with Crippen molar-refractivity contribution in [1.29, 1.82) is 0 Å². The monoisotopic (exact) mass is 452 g/mol. The van der Waals surface area contributed by atoms with Gasteiger partial charge in [-0.25, -0.2) is 0 Å². The summed E-state index contributed by atoms with van der Waals surface area (Å²) in [5.74, 6) is 0.474. The number of carbonyl (C=O) groups is 2. The van der Waals surface area contributed by atoms with E-state index in [0.717, 1.165) is 16.8 Å². The Kier molecular flexibility index (Phi) is 4.83. The molecule has 8 nitrogen and oxygen atoms in total. The molecule has 8 heteroatoms. The second kappa shape index (κ2) is 8.15. The number of anilines is 2. The Bertz CT molecular complexity index is 1340. The normalized spacial score (nSPS) is 17.1. The number of hydrogen-bond donors (Lipinski definition) is 1. The van der Waals surface area contributed by atoms with E-state index in [-0.39, 0.29) is 30.2 Å². The first-order valence-corrected chi connectivity index (χ1v) is 11.0. The summed E-state index contributed by atoms with van der Waals surface area (Å²) in [6, 6.07) is 24.4. The van der Waals surface area contributed by atoms with Gasteiger partial charge in [-0.3, -0.25) is 14.9 Å². The Morgan fingerprint density at radius 2 is 1.53 bits per heavy atom. The van der Waals surface area contributed by atoms with Crippen LogP contribution in [0.2, 0.25) is 0 Å². The topological polar surface area (TPSA) is 97.6 Å². The molecule has 3 heterocycles. The van der Waals surface area contributed by atoms with Gasteiger partial charge in [0.2, 0.25) is 17.7 Å². The van der Waals surface area contributed by atoms with Crippen LogP contribution in [0.5, 0.6) is 11.5 Å². The van der Waals surface area contributed by atoms with Crippen LogP contribution >= 0.6 is 0 Å². The van der Waals surface area contributed by atoms with Gasteiger partial charge < -0.3 is 14.1 Å². The molecule has 1 atom stereocenters. The second-order valence-electron chi connectivity index (χ2n) is 8.29. The molecule has 1 fully saturated rings. The molecule has 1 N–H and O–H groups in total. The van der Waals surface area contributed by atoms with E-state index in [0.29, 0.717) is 23.9 Å². The summed E-state index contributed by atoms with van der Waals surface area (Å²) in [6.07, 6.45) is 0.269. The highest BCUT2D eigenvalue weighted by Gasteiger charge is 2.36. The average molecular weight is 452 g/mol. The Hall–Kier alpha value is -4.46. The molecular formula is C26H20N4O4. The summed E-state index contributed by atoms with van der Waals surface area (Å²) >= 11 is 0. The highest BCUT2D eigenvalue weighted by molar-refractivity contribution is 5.98. The minimum absolute atomic E-state index is 0.00425. The number of rotatable bonds is 4. The van der Waals surface area contributed by atoms with Crippen LogP contribution in [0.25, 0.3) is 0 Å². The van der Waals surface area contributed by atoms with Crippen LogP contribution < -0.4 is 15.0 Å². The highest BCUT2D eigenvalue weighted by atomic mass is 16.5. The zero-order valence-electron chi connectivity index (χ0n) is 18.0. The van der Waals surface area contributed by atoms with Gasteiger partial charge in [-0.1, -0.05) is 59.7 Å². The lowest BCUT2D eigenvalue weighted by atomic mass is 9.87. The van der Waals surface area contributed by atoms with Crippen molar-refractivity contribution in [2.45, 2.75) is 18.3 Å². The fourth-order valence-electron chi connectivity index (χ4n) is 4.55. The van der Waals surface area contributed by atoms with Crippen molar-refractivity contribution in [2.24, 2.45) is 0 Å². The summed E-state index contributed by atoms with van der Waals surface area (Å²) in [5, 5.41) is 10.9. The maximum absolute atomic E-state index is 13.4. The molecule has 6 rings (SSSR count). The van der Waals surface area contributed by atoms with E-state index in [4.69, 9.17) is 9.15 Å². The minimum Gasteiger partial charge on any atom is -0.457 e. The van der Waals surface area contributed by atoms with E-state index in [1.165, 1.54) is 0 Å². The van der Waals surface area contributed by atoms with Crippen LogP contribution in [0.3, 0.4) is 0 Å². The van der Waals surface area contributed by atoms with Crippen LogP contribution in [0.4, 0.5) is 11.7 Å². The number of hydrogen-bond acceptors (Lipinski definition) is 6. The molecule has 2 aliphatic heterocycles. The molecule has 168 valence electrons. The first-order valence-electron chi connectivity index (χ1n) is 11.0. The summed E-state index contributed by atoms with van der Waals surface area (Å²) in [6.45, 7) is 0.444. The molecule has 1 unspecified atom stereocenters. The van der Waals surface area contributed by atoms with Crippen molar-refractivity contribution in [1.82, 2.24) is 10.2 Å². The molecule has 34 heavy (non-hydrogen) atoms. The number of nitrogens with one attached hydrogen (secondary N) is 1. The SMILES string of the molecule is O=C(Nc1nnc(C2CC(=O)N(c3ccccc3)C2)o1)C1c2ccccc2Oc2ccccc21. The Balaban J connectivity index is 1.22. The van der Waals surface area contributed by atoms with Gasteiger partial charge in [0, 0.05) is 29.8 Å². The van der Waals surface area contributed by atoms with Crippen LogP contribution in [-0.2, 0) is 9.59 Å². The van der Waals surface area contributed by atoms with Crippen molar-refractivity contribution in [3.05, 3.63) is 95.9 Å². The van der Waals surface area contributed by atoms with E-state index < -0.39 is 5.92 Å². The number of carbonyl (C=O) groups excluding carboxylic acids is 2. The van der Waals surface area contributed by atoms with Crippen molar-refractivity contribution in [3.63, 3.8) is 0 Å². The highest BCUT2D eigenvalue weighted by Crippen LogP contribution is 2.44. The first-order chi connectivity index (χ1) is 16.7. The molecule has 4 aromatic rings. The van der Waals surface area contributed by atoms with Crippen molar-refractivity contribution in [2.75, 3.05) is 16.8 Å². The molecule has 1 aromatic heterocycles. The number of amides is 2. The van der Waals surface area contributed by atoms with Gasteiger partial charge in [-0.05, 0) is 24.3 Å². The maximum Gasteiger partial charge on any atom is 0.322 e. The second-order valence-corrected chi connectivity index (χ2v) is 8.29. The lowest BCUT2D eigenvalue weighted by Crippen LogP contribution is -2.25. The first kappa shape index (κ1) is 20.2. The third-order valence-corrected chi connectivity index (χ3v) is 6.16. The van der Waals surface area contributed by atoms with E-state index in [9.17, 15) is 9.59 Å². The average Bonchev–Trinajstić information content (AvgIpc) is 3.49. The van der Waals surface area contributed by atoms with Crippen molar-refractivity contribution < 1.29 is 18.7 Å². The Labute approximate surface area is 195 Å².